The number of amides is 2. The minimum absolute atomic E-state index is 0.00787. The Morgan fingerprint density at radius 2 is 2.07 bits per heavy atom. The lowest BCUT2D eigenvalue weighted by Crippen LogP contribution is -2.50. The fraction of sp³-hybridized carbons (Fsp3) is 0.526. The molecule has 9 heteroatoms. The van der Waals surface area contributed by atoms with Gasteiger partial charge >= 0.3 is 6.03 Å². The molecule has 1 heterocycles. The van der Waals surface area contributed by atoms with Crippen LogP contribution < -0.4 is 5.32 Å². The van der Waals surface area contributed by atoms with Crippen molar-refractivity contribution in [3.63, 3.8) is 0 Å². The van der Waals surface area contributed by atoms with Crippen molar-refractivity contribution in [1.29, 1.82) is 0 Å². The number of rotatable bonds is 5. The lowest BCUT2D eigenvalue weighted by Gasteiger charge is -2.41. The second-order valence-corrected chi connectivity index (χ2v) is 9.27. The predicted octanol–water partition coefficient (Wildman–Crippen LogP) is 3.89. The molecule has 1 aromatic carbocycles. The minimum atomic E-state index is -3.33. The van der Waals surface area contributed by atoms with E-state index >= 15 is 0 Å². The highest BCUT2D eigenvalue weighted by Crippen LogP contribution is 2.41. The summed E-state index contributed by atoms with van der Waals surface area (Å²) in [6.45, 7) is 2.54. The van der Waals surface area contributed by atoms with Crippen LogP contribution in [0.15, 0.2) is 35.7 Å². The smallest absolute Gasteiger partial charge is 0.318 e. The van der Waals surface area contributed by atoms with E-state index in [4.69, 9.17) is 0 Å². The fourth-order valence-electron chi connectivity index (χ4n) is 3.29. The van der Waals surface area contributed by atoms with E-state index in [-0.39, 0.29) is 19.4 Å². The van der Waals surface area contributed by atoms with Crippen LogP contribution in [-0.2, 0) is 9.84 Å². The SMILES string of the molecule is C[C@@H](/C=C/S(C)(=O)=O)NC(=O)N1CC[C@H](C(C)(F)F)C[C@@H]1c1cccc(F)c1. The average molecular weight is 418 g/mol. The molecule has 3 atom stereocenters. The molecule has 1 fully saturated rings. The third kappa shape index (κ3) is 6.25. The Balaban J connectivity index is 2.22. The van der Waals surface area contributed by atoms with Crippen LogP contribution in [0.25, 0.3) is 0 Å². The van der Waals surface area contributed by atoms with E-state index in [1.807, 2.05) is 0 Å². The van der Waals surface area contributed by atoms with Gasteiger partial charge in [0.2, 0.25) is 5.92 Å². The summed E-state index contributed by atoms with van der Waals surface area (Å²) in [4.78, 5) is 14.1. The molecule has 0 spiro atoms. The first kappa shape index (κ1) is 22.3. The Labute approximate surface area is 163 Å². The van der Waals surface area contributed by atoms with Gasteiger partial charge in [-0.05, 0) is 44.4 Å². The zero-order chi connectivity index (χ0) is 21.1. The fourth-order valence-corrected chi connectivity index (χ4v) is 3.81. The number of hydrogen-bond donors (Lipinski definition) is 1. The van der Waals surface area contributed by atoms with Crippen LogP contribution in [0.5, 0.6) is 0 Å². The molecule has 156 valence electrons. The quantitative estimate of drug-likeness (QED) is 0.789. The minimum Gasteiger partial charge on any atom is -0.332 e. The number of carbonyl (C=O) groups is 1. The highest BCUT2D eigenvalue weighted by molar-refractivity contribution is 7.93. The summed E-state index contributed by atoms with van der Waals surface area (Å²) in [5.41, 5.74) is 0.448. The monoisotopic (exact) mass is 418 g/mol. The Morgan fingerprint density at radius 3 is 2.64 bits per heavy atom. The Morgan fingerprint density at radius 1 is 1.39 bits per heavy atom. The van der Waals surface area contributed by atoms with Gasteiger partial charge in [0.15, 0.2) is 9.84 Å². The Kier molecular flexibility index (Phi) is 6.80. The number of alkyl halides is 2. The van der Waals surface area contributed by atoms with Crippen LogP contribution in [0.1, 0.15) is 38.3 Å². The first-order valence-corrected chi connectivity index (χ1v) is 10.9. The molecule has 0 saturated carbocycles. The van der Waals surface area contributed by atoms with E-state index < -0.39 is 45.6 Å². The lowest BCUT2D eigenvalue weighted by molar-refractivity contribution is -0.0686. The van der Waals surface area contributed by atoms with Crippen molar-refractivity contribution in [3.05, 3.63) is 47.1 Å². The van der Waals surface area contributed by atoms with E-state index in [2.05, 4.69) is 5.32 Å². The first-order valence-electron chi connectivity index (χ1n) is 8.95. The summed E-state index contributed by atoms with van der Waals surface area (Å²) >= 11 is 0. The van der Waals surface area contributed by atoms with Crippen molar-refractivity contribution >= 4 is 15.9 Å². The summed E-state index contributed by atoms with van der Waals surface area (Å²) in [5.74, 6) is -4.33. The summed E-state index contributed by atoms with van der Waals surface area (Å²) < 4.78 is 63.8. The first-order chi connectivity index (χ1) is 12.9. The molecule has 5 nitrogen and oxygen atoms in total. The molecule has 28 heavy (non-hydrogen) atoms. The summed E-state index contributed by atoms with van der Waals surface area (Å²) in [5, 5.41) is 3.64. The van der Waals surface area contributed by atoms with Gasteiger partial charge in [-0.3, -0.25) is 0 Å². The van der Waals surface area contributed by atoms with Gasteiger partial charge in [0.25, 0.3) is 0 Å². The number of benzene rings is 1. The van der Waals surface area contributed by atoms with Crippen molar-refractivity contribution in [3.8, 4) is 0 Å². The highest BCUT2D eigenvalue weighted by Gasteiger charge is 2.42. The largest absolute Gasteiger partial charge is 0.332 e. The van der Waals surface area contributed by atoms with Gasteiger partial charge < -0.3 is 10.2 Å². The van der Waals surface area contributed by atoms with E-state index in [1.54, 1.807) is 13.0 Å². The van der Waals surface area contributed by atoms with Gasteiger partial charge in [-0.25, -0.2) is 26.4 Å². The maximum atomic E-state index is 13.9. The normalized spacial score (nSPS) is 22.3. The molecule has 0 unspecified atom stereocenters. The number of carbonyl (C=O) groups excluding carboxylic acids is 1. The third-order valence-electron chi connectivity index (χ3n) is 4.78. The maximum Gasteiger partial charge on any atom is 0.318 e. The molecule has 0 aromatic heterocycles. The van der Waals surface area contributed by atoms with Crippen molar-refractivity contribution in [1.82, 2.24) is 10.2 Å². The second-order valence-electron chi connectivity index (χ2n) is 7.34. The number of nitrogens with one attached hydrogen (secondary N) is 1. The number of piperidine rings is 1. The van der Waals surface area contributed by atoms with Gasteiger partial charge in [0.1, 0.15) is 5.82 Å². The van der Waals surface area contributed by atoms with Crippen LogP contribution in [0.4, 0.5) is 18.0 Å². The summed E-state index contributed by atoms with van der Waals surface area (Å²) in [6.07, 6.45) is 2.50. The van der Waals surface area contributed by atoms with Gasteiger partial charge in [0, 0.05) is 30.2 Å². The predicted molar refractivity (Wildman–Crippen MR) is 101 cm³/mol. The molecule has 2 rings (SSSR count). The van der Waals surface area contributed by atoms with Crippen LogP contribution in [0.2, 0.25) is 0 Å². The zero-order valence-corrected chi connectivity index (χ0v) is 16.8. The maximum absolute atomic E-state index is 13.9. The highest BCUT2D eigenvalue weighted by atomic mass is 32.2. The van der Waals surface area contributed by atoms with E-state index in [9.17, 15) is 26.4 Å². The van der Waals surface area contributed by atoms with Crippen molar-refractivity contribution in [2.45, 2.75) is 44.7 Å². The molecule has 1 saturated heterocycles. The third-order valence-corrected chi connectivity index (χ3v) is 5.43. The van der Waals surface area contributed by atoms with Crippen LogP contribution in [0.3, 0.4) is 0 Å². The summed E-state index contributed by atoms with van der Waals surface area (Å²) in [6, 6.07) is 3.78. The van der Waals surface area contributed by atoms with Crippen molar-refractivity contribution in [2.24, 2.45) is 5.92 Å². The molecule has 0 aliphatic carbocycles. The average Bonchev–Trinajstić information content (AvgIpc) is 2.58. The van der Waals surface area contributed by atoms with Gasteiger partial charge in [-0.15, -0.1) is 0 Å². The number of urea groups is 1. The van der Waals surface area contributed by atoms with Crippen molar-refractivity contribution in [2.75, 3.05) is 12.8 Å². The van der Waals surface area contributed by atoms with E-state index in [0.717, 1.165) is 18.6 Å². The van der Waals surface area contributed by atoms with Crippen LogP contribution in [0, 0.1) is 11.7 Å². The number of halogens is 3. The lowest BCUT2D eigenvalue weighted by atomic mass is 9.84. The van der Waals surface area contributed by atoms with Gasteiger partial charge in [0.05, 0.1) is 6.04 Å². The standard InChI is InChI=1S/C19H25F3N2O3S/c1-13(8-10-28(3,26)27)23-18(25)24-9-7-15(19(2,21)22)12-17(24)14-5-4-6-16(20)11-14/h4-6,8,10-11,13,15,17H,7,9,12H2,1-3H3,(H,23,25)/b10-8+/t13-,15-,17+/m0/s1. The molecule has 1 aliphatic heterocycles. The molecular formula is C19H25F3N2O3S. The number of hydrogen-bond acceptors (Lipinski definition) is 3. The number of sulfone groups is 1. The van der Waals surface area contributed by atoms with Gasteiger partial charge in [-0.2, -0.15) is 0 Å². The van der Waals surface area contributed by atoms with Gasteiger partial charge in [-0.1, -0.05) is 18.2 Å². The molecule has 1 aromatic rings. The topological polar surface area (TPSA) is 66.5 Å². The molecule has 0 bridgehead atoms. The van der Waals surface area contributed by atoms with Crippen molar-refractivity contribution < 1.29 is 26.4 Å². The van der Waals surface area contributed by atoms with E-state index in [0.29, 0.717) is 5.56 Å². The van der Waals surface area contributed by atoms with Crippen LogP contribution >= 0.6 is 0 Å². The number of likely N-dealkylation sites (tertiary alicyclic amines) is 1. The molecule has 1 N–H and O–H groups in total. The molecular weight excluding hydrogens is 393 g/mol. The summed E-state index contributed by atoms with van der Waals surface area (Å²) in [7, 11) is -3.33. The van der Waals surface area contributed by atoms with Crippen LogP contribution in [-0.4, -0.2) is 44.1 Å². The van der Waals surface area contributed by atoms with E-state index in [1.165, 1.54) is 29.2 Å². The molecule has 0 radical (unpaired) electrons. The number of nitrogens with zero attached hydrogens (tertiary/aromatic N) is 1. The zero-order valence-electron chi connectivity index (χ0n) is 16.0. The Bertz CT molecular complexity index is 837. The Hall–Kier alpha value is -2.03. The molecule has 1 aliphatic rings. The molecule has 2 amide bonds. The second kappa shape index (κ2) is 8.55.